The van der Waals surface area contributed by atoms with E-state index < -0.39 is 0 Å². The van der Waals surface area contributed by atoms with Gasteiger partial charge in [-0.1, -0.05) is 29.8 Å². The fourth-order valence-corrected chi connectivity index (χ4v) is 3.20. The van der Waals surface area contributed by atoms with Gasteiger partial charge in [-0.3, -0.25) is 4.79 Å². The zero-order chi connectivity index (χ0) is 17.6. The van der Waals surface area contributed by atoms with Gasteiger partial charge in [-0.05, 0) is 49.6 Å². The van der Waals surface area contributed by atoms with E-state index in [-0.39, 0.29) is 11.8 Å². The summed E-state index contributed by atoms with van der Waals surface area (Å²) in [6.07, 6.45) is 2.13. The van der Waals surface area contributed by atoms with Gasteiger partial charge in [0.05, 0.1) is 12.5 Å². The summed E-state index contributed by atoms with van der Waals surface area (Å²) in [6.45, 7) is 3.90. The van der Waals surface area contributed by atoms with Crippen LogP contribution in [0, 0.1) is 24.2 Å². The van der Waals surface area contributed by atoms with E-state index in [0.29, 0.717) is 6.42 Å². The van der Waals surface area contributed by atoms with E-state index >= 15 is 0 Å². The number of carbonyl (C=O) groups excluding carboxylic acids is 1. The van der Waals surface area contributed by atoms with Crippen molar-refractivity contribution in [3.05, 3.63) is 59.7 Å². The molecule has 0 spiro atoms. The highest BCUT2D eigenvalue weighted by Gasteiger charge is 2.25. The minimum atomic E-state index is 0.0560. The minimum Gasteiger partial charge on any atom is -0.371 e. The molecule has 0 aromatic heterocycles. The number of nitrogens with zero attached hydrogens (tertiary/aromatic N) is 2. The van der Waals surface area contributed by atoms with Crippen molar-refractivity contribution in [1.82, 2.24) is 0 Å². The van der Waals surface area contributed by atoms with Crippen molar-refractivity contribution < 1.29 is 4.79 Å². The lowest BCUT2D eigenvalue weighted by Crippen LogP contribution is -2.38. The molecule has 1 heterocycles. The standard InChI is InChI=1S/C21H23N3O/c1-16-2-8-20(9-3-16)24-14-11-18(12-15-24)21(25)23-19-6-4-17(5-7-19)10-13-22/h2-9,18H,10-12,14-15H2,1H3,(H,23,25). The number of nitrogens with one attached hydrogen (secondary N) is 1. The smallest absolute Gasteiger partial charge is 0.227 e. The summed E-state index contributed by atoms with van der Waals surface area (Å²) >= 11 is 0. The van der Waals surface area contributed by atoms with E-state index in [9.17, 15) is 4.79 Å². The average Bonchev–Trinajstić information content (AvgIpc) is 2.64. The maximum atomic E-state index is 12.5. The molecule has 1 aliphatic rings. The van der Waals surface area contributed by atoms with Gasteiger partial charge in [0.15, 0.2) is 0 Å². The van der Waals surface area contributed by atoms with Crippen LogP contribution in [0.5, 0.6) is 0 Å². The monoisotopic (exact) mass is 333 g/mol. The molecule has 128 valence electrons. The van der Waals surface area contributed by atoms with E-state index in [2.05, 4.69) is 47.5 Å². The molecule has 2 aromatic rings. The predicted octanol–water partition coefficient (Wildman–Crippen LogP) is 3.92. The highest BCUT2D eigenvalue weighted by atomic mass is 16.1. The van der Waals surface area contributed by atoms with Gasteiger partial charge in [-0.25, -0.2) is 0 Å². The first kappa shape index (κ1) is 17.0. The fourth-order valence-electron chi connectivity index (χ4n) is 3.20. The molecule has 0 saturated carbocycles. The molecule has 1 N–H and O–H groups in total. The van der Waals surface area contributed by atoms with Gasteiger partial charge in [0.25, 0.3) is 0 Å². The Bertz CT molecular complexity index is 751. The van der Waals surface area contributed by atoms with Crippen LogP contribution in [-0.4, -0.2) is 19.0 Å². The maximum absolute atomic E-state index is 12.5. The highest BCUT2D eigenvalue weighted by molar-refractivity contribution is 5.92. The van der Waals surface area contributed by atoms with Crippen molar-refractivity contribution >= 4 is 17.3 Å². The second kappa shape index (κ2) is 7.85. The third kappa shape index (κ3) is 4.39. The lowest BCUT2D eigenvalue weighted by molar-refractivity contribution is -0.120. The molecule has 25 heavy (non-hydrogen) atoms. The molecule has 0 aliphatic carbocycles. The molecular formula is C21H23N3O. The van der Waals surface area contributed by atoms with E-state index in [1.165, 1.54) is 11.3 Å². The fraction of sp³-hybridized carbons (Fsp3) is 0.333. The third-order valence-electron chi connectivity index (χ3n) is 4.77. The Morgan fingerprint density at radius 3 is 2.36 bits per heavy atom. The lowest BCUT2D eigenvalue weighted by atomic mass is 9.95. The Hall–Kier alpha value is -2.80. The molecule has 4 heteroatoms. The summed E-state index contributed by atoms with van der Waals surface area (Å²) in [6, 6.07) is 18.2. The predicted molar refractivity (Wildman–Crippen MR) is 101 cm³/mol. The summed E-state index contributed by atoms with van der Waals surface area (Å²) in [4.78, 5) is 14.8. The number of benzene rings is 2. The number of rotatable bonds is 4. The molecule has 0 bridgehead atoms. The lowest BCUT2D eigenvalue weighted by Gasteiger charge is -2.33. The third-order valence-corrected chi connectivity index (χ3v) is 4.77. The van der Waals surface area contributed by atoms with Crippen LogP contribution in [0.1, 0.15) is 24.0 Å². The average molecular weight is 333 g/mol. The highest BCUT2D eigenvalue weighted by Crippen LogP contribution is 2.24. The van der Waals surface area contributed by atoms with Crippen molar-refractivity contribution in [2.24, 2.45) is 5.92 Å². The number of nitriles is 1. The molecule has 1 saturated heterocycles. The molecule has 0 radical (unpaired) electrons. The summed E-state index contributed by atoms with van der Waals surface area (Å²) in [5.41, 5.74) is 4.26. The molecule has 1 amide bonds. The van der Waals surface area contributed by atoms with Gasteiger partial charge in [0.1, 0.15) is 0 Å². The number of hydrogen-bond acceptors (Lipinski definition) is 3. The Balaban J connectivity index is 1.53. The number of aryl methyl sites for hydroxylation is 1. The summed E-state index contributed by atoms with van der Waals surface area (Å²) in [5.74, 6) is 0.150. The van der Waals surface area contributed by atoms with Crippen molar-refractivity contribution in [2.75, 3.05) is 23.3 Å². The summed E-state index contributed by atoms with van der Waals surface area (Å²) in [5, 5.41) is 11.7. The second-order valence-corrected chi connectivity index (χ2v) is 6.62. The molecule has 4 nitrogen and oxygen atoms in total. The van der Waals surface area contributed by atoms with Crippen molar-refractivity contribution in [3.8, 4) is 6.07 Å². The molecular weight excluding hydrogens is 310 g/mol. The van der Waals surface area contributed by atoms with Gasteiger partial charge in [-0.2, -0.15) is 5.26 Å². The first-order valence-corrected chi connectivity index (χ1v) is 8.74. The van der Waals surface area contributed by atoms with Gasteiger partial charge in [0.2, 0.25) is 5.91 Å². The van der Waals surface area contributed by atoms with Crippen molar-refractivity contribution in [3.63, 3.8) is 0 Å². The van der Waals surface area contributed by atoms with E-state index in [1.54, 1.807) is 0 Å². The van der Waals surface area contributed by atoms with Crippen molar-refractivity contribution in [1.29, 1.82) is 5.26 Å². The van der Waals surface area contributed by atoms with Gasteiger partial charge in [-0.15, -0.1) is 0 Å². The van der Waals surface area contributed by atoms with Crippen LogP contribution in [0.4, 0.5) is 11.4 Å². The molecule has 1 fully saturated rings. The number of hydrogen-bond donors (Lipinski definition) is 1. The Labute approximate surface area is 149 Å². The van der Waals surface area contributed by atoms with Crippen LogP contribution < -0.4 is 10.2 Å². The Kier molecular flexibility index (Phi) is 5.35. The van der Waals surface area contributed by atoms with Crippen LogP contribution in [-0.2, 0) is 11.2 Å². The van der Waals surface area contributed by atoms with Crippen LogP contribution in [0.2, 0.25) is 0 Å². The molecule has 1 aliphatic heterocycles. The van der Waals surface area contributed by atoms with Gasteiger partial charge < -0.3 is 10.2 Å². The maximum Gasteiger partial charge on any atom is 0.227 e. The van der Waals surface area contributed by atoms with Crippen LogP contribution in [0.15, 0.2) is 48.5 Å². The molecule has 2 aromatic carbocycles. The number of amides is 1. The van der Waals surface area contributed by atoms with Gasteiger partial charge >= 0.3 is 0 Å². The first-order valence-electron chi connectivity index (χ1n) is 8.74. The number of anilines is 2. The number of carbonyl (C=O) groups is 1. The normalized spacial score (nSPS) is 14.8. The number of piperidine rings is 1. The zero-order valence-electron chi connectivity index (χ0n) is 14.5. The Morgan fingerprint density at radius 1 is 1.12 bits per heavy atom. The van der Waals surface area contributed by atoms with Crippen molar-refractivity contribution in [2.45, 2.75) is 26.2 Å². The molecule has 0 atom stereocenters. The van der Waals surface area contributed by atoms with Crippen LogP contribution in [0.3, 0.4) is 0 Å². The van der Waals surface area contributed by atoms with Gasteiger partial charge in [0, 0.05) is 30.4 Å². The summed E-state index contributed by atoms with van der Waals surface area (Å²) < 4.78 is 0. The first-order chi connectivity index (χ1) is 12.2. The Morgan fingerprint density at radius 2 is 1.76 bits per heavy atom. The zero-order valence-corrected chi connectivity index (χ0v) is 14.5. The van der Waals surface area contributed by atoms with E-state index in [4.69, 9.17) is 5.26 Å². The molecule has 0 unspecified atom stereocenters. The second-order valence-electron chi connectivity index (χ2n) is 6.62. The quantitative estimate of drug-likeness (QED) is 0.923. The van der Waals surface area contributed by atoms with Crippen LogP contribution in [0.25, 0.3) is 0 Å². The van der Waals surface area contributed by atoms with E-state index in [1.807, 2.05) is 24.3 Å². The topological polar surface area (TPSA) is 56.1 Å². The van der Waals surface area contributed by atoms with E-state index in [0.717, 1.165) is 37.2 Å². The largest absolute Gasteiger partial charge is 0.371 e. The minimum absolute atomic E-state index is 0.0560. The van der Waals surface area contributed by atoms with Crippen LogP contribution >= 0.6 is 0 Å². The molecule has 3 rings (SSSR count). The summed E-state index contributed by atoms with van der Waals surface area (Å²) in [7, 11) is 0. The SMILES string of the molecule is Cc1ccc(N2CCC(C(=O)Nc3ccc(CC#N)cc3)CC2)cc1.